The highest BCUT2D eigenvalue weighted by atomic mass is 28.4. The Morgan fingerprint density at radius 3 is 0.974 bits per heavy atom. The zero-order valence-electron chi connectivity index (χ0n) is 66.2. The molecule has 114 heavy (non-hydrogen) atoms. The van der Waals surface area contributed by atoms with Crippen molar-refractivity contribution in [3.8, 4) is 58.1 Å². The summed E-state index contributed by atoms with van der Waals surface area (Å²) in [4.78, 5) is 112. The quantitative estimate of drug-likeness (QED) is 0.0133. The van der Waals surface area contributed by atoms with E-state index in [0.717, 1.165) is 35.5 Å². The number of nitrogens with zero attached hydrogens (tertiary/aromatic N) is 8. The molecule has 0 saturated heterocycles. The number of hydrogen-bond donors (Lipinski definition) is 0. The Morgan fingerprint density at radius 2 is 0.728 bits per heavy atom. The van der Waals surface area contributed by atoms with E-state index in [-0.39, 0.29) is 184 Å². The Bertz CT molecular complexity index is 4800. The third kappa shape index (κ3) is 15.2. The molecule has 4 aliphatic rings. The molecule has 0 radical (unpaired) electrons. The molecule has 0 aromatic heterocycles. The predicted octanol–water partition coefficient (Wildman–Crippen LogP) is 18.3. The van der Waals surface area contributed by atoms with E-state index in [4.69, 9.17) is 58.6 Å². The van der Waals surface area contributed by atoms with Gasteiger partial charge in [0.15, 0.2) is 11.4 Å². The van der Waals surface area contributed by atoms with Crippen molar-refractivity contribution in [1.82, 2.24) is 19.6 Å². The van der Waals surface area contributed by atoms with E-state index in [1.807, 2.05) is 41.5 Å². The van der Waals surface area contributed by atoms with Crippen LogP contribution >= 0.6 is 0 Å². The first-order chi connectivity index (χ1) is 55.0. The zero-order valence-corrected chi connectivity index (χ0v) is 68.2. The monoisotopic (exact) mass is 1570 g/mol. The van der Waals surface area contributed by atoms with Crippen molar-refractivity contribution in [2.45, 2.75) is 142 Å². The summed E-state index contributed by atoms with van der Waals surface area (Å²) in [5.41, 5.74) is 0.917. The van der Waals surface area contributed by atoms with Crippen LogP contribution in [0.25, 0.3) is 52.8 Å². The van der Waals surface area contributed by atoms with Gasteiger partial charge in [0.2, 0.25) is 11.8 Å². The highest BCUT2D eigenvalue weighted by Crippen LogP contribution is 2.59. The fourth-order valence-electron chi connectivity index (χ4n) is 17.6. The van der Waals surface area contributed by atoms with Gasteiger partial charge in [0, 0.05) is 123 Å². The number of benzene rings is 9. The number of carbonyl (C=O) groups is 6. The van der Waals surface area contributed by atoms with Gasteiger partial charge < -0.3 is 55.3 Å². The molecule has 26 heteroatoms. The summed E-state index contributed by atoms with van der Waals surface area (Å²) in [6.07, 6.45) is 5.82. The number of hydrogen-bond acceptors (Lipinski definition) is 18. The van der Waals surface area contributed by atoms with E-state index in [2.05, 4.69) is 21.8 Å². The van der Waals surface area contributed by atoms with Crippen LogP contribution in [-0.2, 0) is 36.1 Å². The van der Waals surface area contributed by atoms with E-state index in [0.29, 0.717) is 48.9 Å². The molecule has 2 aliphatic carbocycles. The molecular weight excluding hydrogens is 1480 g/mol. The zero-order chi connectivity index (χ0) is 81.2. The van der Waals surface area contributed by atoms with Crippen LogP contribution in [0.4, 0.5) is 11.4 Å². The van der Waals surface area contributed by atoms with Crippen molar-refractivity contribution in [1.29, 1.82) is 10.5 Å². The average molecular weight is 1570 g/mol. The van der Waals surface area contributed by atoms with Gasteiger partial charge in [-0.05, 0) is 173 Å². The maximum Gasteiger partial charge on any atom is 0.500 e. The lowest BCUT2D eigenvalue weighted by molar-refractivity contribution is -0.139. The summed E-state index contributed by atoms with van der Waals surface area (Å²) >= 11 is 0. The summed E-state index contributed by atoms with van der Waals surface area (Å²) in [5.74, 6) is -3.99. The molecule has 0 bridgehead atoms. The van der Waals surface area contributed by atoms with Gasteiger partial charge in [0.05, 0.1) is 58.7 Å². The van der Waals surface area contributed by atoms with E-state index in [1.165, 1.54) is 24.3 Å². The Labute approximate surface area is 665 Å². The van der Waals surface area contributed by atoms with Crippen molar-refractivity contribution >= 4 is 108 Å². The number of amides is 6. The molecule has 24 nitrogen and oxygen atoms in total. The largest absolute Gasteiger partial charge is 0.500 e. The van der Waals surface area contributed by atoms with Crippen molar-refractivity contribution < 1.29 is 74.3 Å². The first kappa shape index (κ1) is 80.9. The van der Waals surface area contributed by atoms with Gasteiger partial charge in [-0.2, -0.15) is 10.5 Å². The van der Waals surface area contributed by atoms with Crippen LogP contribution < -0.4 is 18.9 Å². The summed E-state index contributed by atoms with van der Waals surface area (Å²) in [5, 5.41) is 21.5. The molecule has 6 unspecified atom stereocenters. The number of fused-ring (bicyclic) bond motifs is 2. The highest BCUT2D eigenvalue weighted by molar-refractivity contribution is 6.61. The molecule has 2 aliphatic heterocycles. The van der Waals surface area contributed by atoms with Gasteiger partial charge in [-0.3, -0.25) is 38.6 Å². The average Bonchev–Trinajstić information content (AvgIpc) is 0.669. The molecule has 9 aromatic carbocycles. The van der Waals surface area contributed by atoms with Crippen LogP contribution in [0.3, 0.4) is 0 Å². The van der Waals surface area contributed by atoms with Crippen LogP contribution in [0.2, 0.25) is 12.1 Å². The molecule has 9 aromatic rings. The minimum atomic E-state index is -3.08. The fraction of sp³-hybridized carbons (Fsp3) is 0.386. The first-order valence-electron chi connectivity index (χ1n) is 38.7. The molecule has 0 spiro atoms. The van der Waals surface area contributed by atoms with E-state index in [1.54, 1.807) is 150 Å². The predicted molar refractivity (Wildman–Crippen MR) is 433 cm³/mol. The lowest BCUT2D eigenvalue weighted by atomic mass is 9.80. The van der Waals surface area contributed by atoms with Crippen LogP contribution in [0.1, 0.15) is 158 Å². The molecule has 588 valence electrons. The Kier molecular flexibility index (Phi) is 24.0. The minimum Gasteiger partial charge on any atom is -0.457 e. The Morgan fingerprint density at radius 1 is 0.447 bits per heavy atom. The first-order valence-corrected chi connectivity index (χ1v) is 42.6. The number of nitriles is 2. The van der Waals surface area contributed by atoms with Crippen LogP contribution in [0, 0.1) is 59.5 Å². The summed E-state index contributed by atoms with van der Waals surface area (Å²) < 4.78 is 64.2. The van der Waals surface area contributed by atoms with E-state index < -0.39 is 65.1 Å². The van der Waals surface area contributed by atoms with Gasteiger partial charge in [-0.15, -0.1) is 0 Å². The van der Waals surface area contributed by atoms with Crippen LogP contribution in [0.5, 0.6) is 46.0 Å². The van der Waals surface area contributed by atoms with Crippen LogP contribution in [-0.4, -0.2) is 153 Å². The molecular formula is C88H92N8O16Si2. The summed E-state index contributed by atoms with van der Waals surface area (Å²) in [6, 6.07) is 33.3. The maximum absolute atomic E-state index is 16.7. The second-order valence-electron chi connectivity index (χ2n) is 30.5. The minimum absolute atomic E-state index is 0.0347. The van der Waals surface area contributed by atoms with Crippen molar-refractivity contribution in [2.24, 2.45) is 23.7 Å². The number of likely N-dealkylation sites (N-methyl/N-ethyl adjacent to an activating group) is 2. The van der Waals surface area contributed by atoms with Crippen molar-refractivity contribution in [3.05, 3.63) is 178 Å². The second-order valence-corrected chi connectivity index (χ2v) is 36.5. The molecule has 2 heterocycles. The summed E-state index contributed by atoms with van der Waals surface area (Å²) in [6.45, 7) is 27.8. The lowest BCUT2D eigenvalue weighted by Crippen LogP contribution is -2.57. The molecule has 6 atom stereocenters. The molecule has 2 fully saturated rings. The number of rotatable bonds is 30. The lowest BCUT2D eigenvalue weighted by Gasteiger charge is -2.42. The highest BCUT2D eigenvalue weighted by Gasteiger charge is 2.51. The van der Waals surface area contributed by atoms with Crippen LogP contribution in [0.15, 0.2) is 121 Å². The topological polar surface area (TPSA) is 264 Å². The Balaban J connectivity index is 1.11. The smallest absolute Gasteiger partial charge is 0.457 e. The molecule has 0 N–H and O–H groups in total. The number of imide groups is 2. The number of carbonyl (C=O) groups excluding carboxylic acids is 6. The van der Waals surface area contributed by atoms with E-state index >= 15 is 28.8 Å². The molecule has 13 rings (SSSR count). The Hall–Kier alpha value is -11.1. The fourth-order valence-corrected chi connectivity index (χ4v) is 21.7. The van der Waals surface area contributed by atoms with Gasteiger partial charge in [0.1, 0.15) is 58.1 Å². The third-order valence-corrected chi connectivity index (χ3v) is 28.8. The van der Waals surface area contributed by atoms with Gasteiger partial charge in [-0.25, -0.2) is 9.69 Å². The van der Waals surface area contributed by atoms with Crippen molar-refractivity contribution in [2.75, 3.05) is 55.7 Å². The second kappa shape index (κ2) is 33.9. The number of ether oxygens (including phenoxy) is 4. The molecule has 2 saturated carbocycles. The standard InChI is InChI=1S/C88H92N8O16Si2/c1-15-93(59-21-17-19-55(41-59)49-113(103-9,104-10)105-11)87(101)69(39-51(3)4)95-83(97)65-43-71(109-61-31-23-53(47-89)24-32-61)77-78-72(110-62-33-25-54(48-90)26-34-62)44-66-76-68(86(100)96(84(66)98)70(40-52(5)6)88(102)94(16-2)60-22-18-20-56(42-60)50-114(106-12,107-13)108-14)46-74(112-64-37-29-58(92-8)30-38-64)80(82(76)78)79-73(45-67(85(95)99)75(65)81(77)79)111-63-35-27-57(91-7)28-36-63/h23-38,43-46,51-52,55-56,59-60,69-70H,15-22,39-42,49-50H2,1-6,9-14H3. The molecule has 6 amide bonds. The summed E-state index contributed by atoms with van der Waals surface area (Å²) in [7, 11) is 3.30. The van der Waals surface area contributed by atoms with Gasteiger partial charge in [-0.1, -0.05) is 77.6 Å². The van der Waals surface area contributed by atoms with Gasteiger partial charge in [0.25, 0.3) is 23.6 Å². The van der Waals surface area contributed by atoms with Crippen molar-refractivity contribution in [3.63, 3.8) is 0 Å². The van der Waals surface area contributed by atoms with Gasteiger partial charge >= 0.3 is 17.6 Å². The maximum atomic E-state index is 16.7. The SMILES string of the molecule is [C-]#[N+]c1ccc(Oc2cc3c4c(cc(Oc5ccc(C#N)cc5)c5c6c(Oc7ccc(C#N)cc7)cc7c8c(cc(Oc9ccc([N+]#[C-])cc9)c(c2c45)c86)C(=O)N(C(CC(C)C)C(=O)N(CC)C2CCCC(C[Si](OC)(OC)OC)C2)C7=O)C(=O)N(C(CC(C)C)C(=O)N(CC)C2CCCC(C[Si](OC)(OC)OC)C2)C3=O)cc1. The van der Waals surface area contributed by atoms with E-state index in [9.17, 15) is 10.5 Å². The normalized spacial score (nSPS) is 17.6. The third-order valence-electron chi connectivity index (χ3n) is 22.9.